The molecule has 6 heteroatoms. The number of hydrogen-bond acceptors (Lipinski definition) is 4. The molecule has 0 aromatic rings. The van der Waals surface area contributed by atoms with Crippen molar-refractivity contribution in [1.29, 1.82) is 0 Å². The Balaban J connectivity index is 4.25. The highest BCUT2D eigenvalue weighted by Gasteiger charge is 2.29. The number of carbonyl (C=O) groups is 2. The molecule has 0 heterocycles. The van der Waals surface area contributed by atoms with Crippen LogP contribution in [0.5, 0.6) is 0 Å². The molecule has 0 saturated heterocycles. The fraction of sp³-hybridized carbons (Fsp3) is 0.857. The molecular formula is C14H24Br2O4. The summed E-state index contributed by atoms with van der Waals surface area (Å²) in [5, 5.41) is 0. The third kappa shape index (κ3) is 8.25. The molecule has 0 aliphatic heterocycles. The molecule has 0 saturated carbocycles. The Kier molecular flexibility index (Phi) is 9.72. The predicted octanol–water partition coefficient (Wildman–Crippen LogP) is 3.98. The summed E-state index contributed by atoms with van der Waals surface area (Å²) in [4.78, 5) is 22.9. The van der Waals surface area contributed by atoms with Gasteiger partial charge in [0.05, 0.1) is 0 Å². The molecule has 4 nitrogen and oxygen atoms in total. The van der Waals surface area contributed by atoms with Crippen LogP contribution in [0.3, 0.4) is 0 Å². The molecule has 0 aliphatic rings. The average molecular weight is 416 g/mol. The lowest BCUT2D eigenvalue weighted by atomic mass is 10.1. The third-order valence-corrected chi connectivity index (χ3v) is 4.20. The van der Waals surface area contributed by atoms with Gasteiger partial charge in [-0.2, -0.15) is 0 Å². The number of rotatable bonds is 9. The second-order valence-corrected chi connectivity index (χ2v) is 7.51. The van der Waals surface area contributed by atoms with E-state index in [9.17, 15) is 9.59 Å². The topological polar surface area (TPSA) is 52.6 Å². The van der Waals surface area contributed by atoms with Crippen LogP contribution in [0.2, 0.25) is 0 Å². The molecule has 0 N–H and O–H groups in total. The highest BCUT2D eigenvalue weighted by atomic mass is 79.9. The van der Waals surface area contributed by atoms with Gasteiger partial charge < -0.3 is 9.47 Å². The standard InChI is InChI=1S/C14H24Br2O4/c1-5-7-10(15)12(17)19-9-14(3,4)20-13(18)11(16)8-6-2/h10-11H,5-9H2,1-4H3. The molecule has 0 rings (SSSR count). The molecule has 2 atom stereocenters. The summed E-state index contributed by atoms with van der Waals surface area (Å²) in [5.41, 5.74) is -0.828. The largest absolute Gasteiger partial charge is 0.461 e. The second-order valence-electron chi connectivity index (χ2n) is 5.30. The van der Waals surface area contributed by atoms with E-state index in [0.717, 1.165) is 19.3 Å². The molecule has 0 aliphatic carbocycles. The fourth-order valence-electron chi connectivity index (χ4n) is 1.44. The van der Waals surface area contributed by atoms with E-state index < -0.39 is 5.60 Å². The van der Waals surface area contributed by atoms with Gasteiger partial charge in [0, 0.05) is 0 Å². The van der Waals surface area contributed by atoms with E-state index in [1.165, 1.54) is 0 Å². The van der Waals surface area contributed by atoms with Gasteiger partial charge in [-0.3, -0.25) is 9.59 Å². The van der Waals surface area contributed by atoms with Crippen molar-refractivity contribution in [3.8, 4) is 0 Å². The number of ether oxygens (including phenoxy) is 2. The quantitative estimate of drug-likeness (QED) is 0.422. The van der Waals surface area contributed by atoms with Gasteiger partial charge in [0.25, 0.3) is 0 Å². The SMILES string of the molecule is CCCC(Br)C(=O)OCC(C)(C)OC(=O)C(Br)CCC. The van der Waals surface area contributed by atoms with E-state index in [1.807, 2.05) is 13.8 Å². The van der Waals surface area contributed by atoms with Crippen molar-refractivity contribution in [3.63, 3.8) is 0 Å². The number of hydrogen-bond donors (Lipinski definition) is 0. The van der Waals surface area contributed by atoms with Crippen molar-refractivity contribution >= 4 is 43.8 Å². The van der Waals surface area contributed by atoms with Crippen LogP contribution in [0.15, 0.2) is 0 Å². The van der Waals surface area contributed by atoms with Crippen molar-refractivity contribution in [3.05, 3.63) is 0 Å². The first kappa shape index (κ1) is 19.9. The van der Waals surface area contributed by atoms with Gasteiger partial charge in [0.1, 0.15) is 21.9 Å². The molecule has 0 aromatic carbocycles. The zero-order chi connectivity index (χ0) is 15.8. The summed E-state index contributed by atoms with van der Waals surface area (Å²) in [6, 6.07) is 0. The van der Waals surface area contributed by atoms with Crippen molar-refractivity contribution in [2.45, 2.75) is 68.6 Å². The summed E-state index contributed by atoms with van der Waals surface area (Å²) in [6.07, 6.45) is 3.22. The molecule has 0 bridgehead atoms. The van der Waals surface area contributed by atoms with Crippen LogP contribution in [0.4, 0.5) is 0 Å². The molecule has 0 amide bonds. The monoisotopic (exact) mass is 414 g/mol. The summed E-state index contributed by atoms with van der Waals surface area (Å²) in [6.45, 7) is 7.50. The molecule has 20 heavy (non-hydrogen) atoms. The first-order valence-electron chi connectivity index (χ1n) is 6.91. The predicted molar refractivity (Wildman–Crippen MR) is 86.4 cm³/mol. The number of carbonyl (C=O) groups excluding carboxylic acids is 2. The van der Waals surface area contributed by atoms with Gasteiger partial charge in [0.2, 0.25) is 0 Å². The lowest BCUT2D eigenvalue weighted by molar-refractivity contribution is -0.167. The average Bonchev–Trinajstić information content (AvgIpc) is 2.36. The molecule has 0 aromatic heterocycles. The van der Waals surface area contributed by atoms with Crippen LogP contribution in [0, 0.1) is 0 Å². The Morgan fingerprint density at radius 1 is 1.00 bits per heavy atom. The van der Waals surface area contributed by atoms with Gasteiger partial charge in [-0.1, -0.05) is 58.5 Å². The zero-order valence-electron chi connectivity index (χ0n) is 12.6. The number of alkyl halides is 2. The smallest absolute Gasteiger partial charge is 0.320 e. The first-order chi connectivity index (χ1) is 9.23. The summed E-state index contributed by atoms with van der Waals surface area (Å²) < 4.78 is 10.5. The Labute approximate surface area is 138 Å². The number of halogens is 2. The van der Waals surface area contributed by atoms with E-state index in [4.69, 9.17) is 9.47 Å². The molecular weight excluding hydrogens is 392 g/mol. The van der Waals surface area contributed by atoms with Crippen molar-refractivity contribution in [2.24, 2.45) is 0 Å². The Morgan fingerprint density at radius 2 is 1.45 bits per heavy atom. The van der Waals surface area contributed by atoms with E-state index in [1.54, 1.807) is 13.8 Å². The summed E-state index contributed by atoms with van der Waals surface area (Å²) >= 11 is 6.57. The molecule has 0 radical (unpaired) electrons. The van der Waals surface area contributed by atoms with Gasteiger partial charge in [-0.15, -0.1) is 0 Å². The minimum Gasteiger partial charge on any atom is -0.461 e. The van der Waals surface area contributed by atoms with Crippen LogP contribution >= 0.6 is 31.9 Å². The minimum atomic E-state index is -0.828. The maximum atomic E-state index is 11.8. The van der Waals surface area contributed by atoms with Crippen LogP contribution in [-0.4, -0.2) is 33.8 Å². The minimum absolute atomic E-state index is 0.0508. The highest BCUT2D eigenvalue weighted by Crippen LogP contribution is 2.18. The van der Waals surface area contributed by atoms with Crippen molar-refractivity contribution in [2.75, 3.05) is 6.61 Å². The lowest BCUT2D eigenvalue weighted by Gasteiger charge is -2.26. The first-order valence-corrected chi connectivity index (χ1v) is 8.74. The van der Waals surface area contributed by atoms with Gasteiger partial charge in [0.15, 0.2) is 0 Å². The van der Waals surface area contributed by atoms with Crippen LogP contribution in [0.25, 0.3) is 0 Å². The Bertz CT molecular complexity index is 318. The van der Waals surface area contributed by atoms with Crippen LogP contribution in [-0.2, 0) is 19.1 Å². The van der Waals surface area contributed by atoms with E-state index >= 15 is 0 Å². The Morgan fingerprint density at radius 3 is 1.90 bits per heavy atom. The molecule has 0 spiro atoms. The highest BCUT2D eigenvalue weighted by molar-refractivity contribution is 9.10. The van der Waals surface area contributed by atoms with Gasteiger partial charge in [-0.25, -0.2) is 0 Å². The number of esters is 2. The molecule has 0 fully saturated rings. The maximum absolute atomic E-state index is 11.8. The zero-order valence-corrected chi connectivity index (χ0v) is 15.8. The third-order valence-electron chi connectivity index (χ3n) is 2.53. The lowest BCUT2D eigenvalue weighted by Crippen LogP contribution is -2.37. The van der Waals surface area contributed by atoms with Gasteiger partial charge >= 0.3 is 11.9 Å². The van der Waals surface area contributed by atoms with Crippen LogP contribution in [0.1, 0.15) is 53.4 Å². The van der Waals surface area contributed by atoms with E-state index in [0.29, 0.717) is 6.42 Å². The molecule has 118 valence electrons. The summed E-state index contributed by atoms with van der Waals surface area (Å²) in [7, 11) is 0. The summed E-state index contributed by atoms with van der Waals surface area (Å²) in [5.74, 6) is -0.642. The van der Waals surface area contributed by atoms with Crippen molar-refractivity contribution < 1.29 is 19.1 Å². The Hall–Kier alpha value is -0.100. The fourth-order valence-corrected chi connectivity index (χ4v) is 2.58. The maximum Gasteiger partial charge on any atom is 0.320 e. The normalized spacial score (nSPS) is 14.5. The molecule has 2 unspecified atom stereocenters. The van der Waals surface area contributed by atoms with Crippen LogP contribution < -0.4 is 0 Å². The van der Waals surface area contributed by atoms with Crippen molar-refractivity contribution in [1.82, 2.24) is 0 Å². The second kappa shape index (κ2) is 9.77. The van der Waals surface area contributed by atoms with E-state index in [-0.39, 0.29) is 28.2 Å². The van der Waals surface area contributed by atoms with E-state index in [2.05, 4.69) is 31.9 Å². The van der Waals surface area contributed by atoms with Gasteiger partial charge in [-0.05, 0) is 26.7 Å².